The Morgan fingerprint density at radius 3 is 1.67 bits per heavy atom. The predicted molar refractivity (Wildman–Crippen MR) is 108 cm³/mol. The molecule has 0 aliphatic heterocycles. The summed E-state index contributed by atoms with van der Waals surface area (Å²) in [6.45, 7) is 3.76. The molecule has 140 valence electrons. The second kappa shape index (κ2) is 7.54. The van der Waals surface area contributed by atoms with Gasteiger partial charge in [0.15, 0.2) is 9.92 Å². The van der Waals surface area contributed by atoms with Crippen LogP contribution >= 0.6 is 0 Å². The van der Waals surface area contributed by atoms with E-state index >= 15 is 0 Å². The lowest BCUT2D eigenvalue weighted by Crippen LogP contribution is -2.15. The van der Waals surface area contributed by atoms with Crippen molar-refractivity contribution in [2.24, 2.45) is 3.77 Å². The standard InChI is InChI=1S/C20H20N2O3S2/c1-16-8-12-19(13-9-16)26(23,21-18-6-4-3-5-7-18)22-27(24,25)20-14-10-17(2)11-15-20/h3-15H,1-2H3,(H,21,22,23). The lowest BCUT2D eigenvalue weighted by atomic mass is 10.2. The summed E-state index contributed by atoms with van der Waals surface area (Å²) < 4.78 is 45.9. The molecule has 0 amide bonds. The van der Waals surface area contributed by atoms with Gasteiger partial charge in [0.1, 0.15) is 0 Å². The second-order valence-electron chi connectivity index (χ2n) is 6.17. The Labute approximate surface area is 160 Å². The maximum atomic E-state index is 13.7. The molecule has 0 saturated heterocycles. The monoisotopic (exact) mass is 400 g/mol. The Morgan fingerprint density at radius 1 is 0.667 bits per heavy atom. The van der Waals surface area contributed by atoms with Crippen LogP contribution in [0.2, 0.25) is 0 Å². The number of hydrogen-bond donors (Lipinski definition) is 1. The zero-order valence-corrected chi connectivity index (χ0v) is 16.6. The van der Waals surface area contributed by atoms with Crippen LogP contribution in [0.3, 0.4) is 0 Å². The number of nitrogens with one attached hydrogen (secondary N) is 1. The van der Waals surface area contributed by atoms with Gasteiger partial charge in [0, 0.05) is 5.69 Å². The van der Waals surface area contributed by atoms with Crippen LogP contribution in [0.25, 0.3) is 0 Å². The van der Waals surface area contributed by atoms with Crippen LogP contribution in [0.1, 0.15) is 11.1 Å². The largest absolute Gasteiger partial charge is 0.294 e. The molecule has 1 atom stereocenters. The highest BCUT2D eigenvalue weighted by Crippen LogP contribution is 2.23. The fourth-order valence-corrected chi connectivity index (χ4v) is 5.90. The van der Waals surface area contributed by atoms with Gasteiger partial charge in [0.2, 0.25) is 0 Å². The lowest BCUT2D eigenvalue weighted by Gasteiger charge is -2.14. The molecule has 0 bridgehead atoms. The Kier molecular flexibility index (Phi) is 5.34. The summed E-state index contributed by atoms with van der Waals surface area (Å²) >= 11 is 0. The normalized spacial score (nSPS) is 13.6. The Bertz CT molecular complexity index is 1150. The Balaban J connectivity index is 2.16. The molecule has 0 saturated carbocycles. The molecule has 27 heavy (non-hydrogen) atoms. The van der Waals surface area contributed by atoms with E-state index in [9.17, 15) is 12.6 Å². The molecule has 7 heteroatoms. The molecule has 1 unspecified atom stereocenters. The first-order valence-corrected chi connectivity index (χ1v) is 11.2. The van der Waals surface area contributed by atoms with Crippen molar-refractivity contribution in [1.29, 1.82) is 0 Å². The van der Waals surface area contributed by atoms with Crippen molar-refractivity contribution in [3.63, 3.8) is 0 Å². The molecule has 0 aliphatic rings. The quantitative estimate of drug-likeness (QED) is 0.683. The van der Waals surface area contributed by atoms with E-state index in [0.717, 1.165) is 11.1 Å². The van der Waals surface area contributed by atoms with Crippen LogP contribution in [0.4, 0.5) is 5.69 Å². The molecule has 0 fully saturated rings. The van der Waals surface area contributed by atoms with E-state index < -0.39 is 19.9 Å². The van der Waals surface area contributed by atoms with E-state index in [2.05, 4.69) is 8.49 Å². The zero-order valence-electron chi connectivity index (χ0n) is 15.0. The van der Waals surface area contributed by atoms with E-state index in [1.807, 2.05) is 19.9 Å². The van der Waals surface area contributed by atoms with Gasteiger partial charge in [-0.3, -0.25) is 4.72 Å². The summed E-state index contributed by atoms with van der Waals surface area (Å²) in [7, 11) is -7.59. The topological polar surface area (TPSA) is 75.6 Å². The van der Waals surface area contributed by atoms with E-state index in [1.165, 1.54) is 12.1 Å². The lowest BCUT2D eigenvalue weighted by molar-refractivity contribution is 0.598. The molecule has 0 spiro atoms. The first-order valence-electron chi connectivity index (χ1n) is 8.28. The minimum absolute atomic E-state index is 0.00259. The first-order chi connectivity index (χ1) is 12.8. The van der Waals surface area contributed by atoms with Crippen LogP contribution in [0.15, 0.2) is 92.4 Å². The van der Waals surface area contributed by atoms with Crippen molar-refractivity contribution in [3.8, 4) is 0 Å². The highest BCUT2D eigenvalue weighted by Gasteiger charge is 2.21. The van der Waals surface area contributed by atoms with Crippen LogP contribution in [-0.4, -0.2) is 12.6 Å². The Hall–Kier alpha value is -2.64. The average Bonchev–Trinajstić information content (AvgIpc) is 2.63. The molecule has 0 aromatic heterocycles. The number of sulfonamides is 1. The van der Waals surface area contributed by atoms with Crippen LogP contribution < -0.4 is 4.72 Å². The number of para-hydroxylation sites is 1. The van der Waals surface area contributed by atoms with Gasteiger partial charge in [0.05, 0.1) is 9.79 Å². The van der Waals surface area contributed by atoms with Crippen molar-refractivity contribution in [1.82, 2.24) is 0 Å². The summed E-state index contributed by atoms with van der Waals surface area (Å²) in [4.78, 5) is 0.301. The van der Waals surface area contributed by atoms with Crippen molar-refractivity contribution in [2.75, 3.05) is 4.72 Å². The maximum Gasteiger partial charge on any atom is 0.291 e. The highest BCUT2D eigenvalue weighted by molar-refractivity contribution is 8.04. The molecule has 5 nitrogen and oxygen atoms in total. The predicted octanol–water partition coefficient (Wildman–Crippen LogP) is 4.55. The third kappa shape index (κ3) is 4.56. The molecule has 0 heterocycles. The Morgan fingerprint density at radius 2 is 1.15 bits per heavy atom. The van der Waals surface area contributed by atoms with Gasteiger partial charge in [-0.1, -0.05) is 57.4 Å². The second-order valence-corrected chi connectivity index (χ2v) is 9.91. The molecule has 3 aromatic rings. The number of aryl methyl sites for hydroxylation is 2. The third-order valence-electron chi connectivity index (χ3n) is 3.89. The first kappa shape index (κ1) is 19.1. The van der Waals surface area contributed by atoms with Gasteiger partial charge in [-0.05, 0) is 50.2 Å². The highest BCUT2D eigenvalue weighted by atomic mass is 32.3. The van der Waals surface area contributed by atoms with Crippen molar-refractivity contribution < 1.29 is 12.6 Å². The summed E-state index contributed by atoms with van der Waals surface area (Å²) in [5.41, 5.74) is 2.42. The summed E-state index contributed by atoms with van der Waals surface area (Å²) in [5.74, 6) is 0. The summed E-state index contributed by atoms with van der Waals surface area (Å²) in [5, 5.41) is 0. The van der Waals surface area contributed by atoms with Crippen molar-refractivity contribution in [2.45, 2.75) is 23.6 Å². The molecule has 0 aliphatic carbocycles. The van der Waals surface area contributed by atoms with Gasteiger partial charge in [-0.25, -0.2) is 4.21 Å². The van der Waals surface area contributed by atoms with Gasteiger partial charge in [-0.2, -0.15) is 8.42 Å². The third-order valence-corrected chi connectivity index (χ3v) is 7.81. The fourth-order valence-electron chi connectivity index (χ4n) is 2.40. The minimum atomic E-state index is -4.13. The molecule has 3 rings (SSSR count). The van der Waals surface area contributed by atoms with Gasteiger partial charge in [-0.15, -0.1) is 0 Å². The number of benzene rings is 3. The van der Waals surface area contributed by atoms with Gasteiger partial charge >= 0.3 is 0 Å². The van der Waals surface area contributed by atoms with E-state index in [0.29, 0.717) is 10.6 Å². The van der Waals surface area contributed by atoms with Crippen LogP contribution in [0, 0.1) is 13.8 Å². The SMILES string of the molecule is Cc1ccc(S(=O)(=O)N=S(=O)(Nc2ccccc2)c2ccc(C)cc2)cc1. The number of nitrogens with zero attached hydrogens (tertiary/aromatic N) is 1. The fraction of sp³-hybridized carbons (Fsp3) is 0.100. The van der Waals surface area contributed by atoms with Gasteiger partial charge < -0.3 is 0 Å². The molecular formula is C20H20N2O3S2. The van der Waals surface area contributed by atoms with Crippen LogP contribution in [-0.2, 0) is 19.9 Å². The smallest absolute Gasteiger partial charge is 0.291 e. The molecular weight excluding hydrogens is 380 g/mol. The number of anilines is 1. The summed E-state index contributed by atoms with van der Waals surface area (Å²) in [6, 6.07) is 21.9. The van der Waals surface area contributed by atoms with Gasteiger partial charge in [0.25, 0.3) is 10.0 Å². The van der Waals surface area contributed by atoms with E-state index in [-0.39, 0.29) is 4.90 Å². The van der Waals surface area contributed by atoms with Crippen molar-refractivity contribution in [3.05, 3.63) is 90.0 Å². The van der Waals surface area contributed by atoms with Crippen LogP contribution in [0.5, 0.6) is 0 Å². The zero-order chi connectivity index (χ0) is 19.5. The van der Waals surface area contributed by atoms with Crippen molar-refractivity contribution >= 4 is 25.6 Å². The van der Waals surface area contributed by atoms with E-state index in [1.54, 1.807) is 60.7 Å². The number of hydrogen-bond acceptors (Lipinski definition) is 3. The molecule has 3 aromatic carbocycles. The van der Waals surface area contributed by atoms with E-state index in [4.69, 9.17) is 0 Å². The minimum Gasteiger partial charge on any atom is -0.294 e. The molecule has 1 N–H and O–H groups in total. The average molecular weight is 401 g/mol. The maximum absolute atomic E-state index is 13.7. The summed E-state index contributed by atoms with van der Waals surface area (Å²) in [6.07, 6.45) is 0. The molecule has 0 radical (unpaired) electrons. The number of rotatable bonds is 5.